The lowest BCUT2D eigenvalue weighted by atomic mass is 10.1. The van der Waals surface area contributed by atoms with Crippen LogP contribution in [0.4, 0.5) is 5.82 Å². The molecule has 2 heterocycles. The summed E-state index contributed by atoms with van der Waals surface area (Å²) in [6, 6.07) is 8.05. The van der Waals surface area contributed by atoms with Crippen LogP contribution < -0.4 is 16.6 Å². The monoisotopic (exact) mass is 355 g/mol. The Morgan fingerprint density at radius 1 is 1.32 bits per heavy atom. The number of anilines is 1. The fourth-order valence-corrected chi connectivity index (χ4v) is 3.56. The largest absolute Gasteiger partial charge is 0.368 e. The van der Waals surface area contributed by atoms with E-state index in [0.717, 1.165) is 40.8 Å². The smallest absolute Gasteiger partial charge is 0.173 e. The van der Waals surface area contributed by atoms with Crippen molar-refractivity contribution in [1.82, 2.24) is 15.3 Å². The number of nitrogens with zero attached hydrogens (tertiary/aromatic N) is 4. The number of benzene rings is 1. The van der Waals surface area contributed by atoms with E-state index in [1.165, 1.54) is 4.70 Å². The Balaban J connectivity index is 2.06. The van der Waals surface area contributed by atoms with Gasteiger partial charge >= 0.3 is 0 Å². The first-order valence-electron chi connectivity index (χ1n) is 7.83. The first-order valence-corrected chi connectivity index (χ1v) is 8.71. The molecule has 0 fully saturated rings. The molecular weight excluding hydrogens is 334 g/mol. The van der Waals surface area contributed by atoms with Crippen molar-refractivity contribution in [2.75, 3.05) is 32.5 Å². The SMILES string of the molecule is C=NN/C(=N\N)c1ccc2c(c1)nc(NCCN(C)C)c1ccsc12. The highest BCUT2D eigenvalue weighted by Crippen LogP contribution is 2.33. The summed E-state index contributed by atoms with van der Waals surface area (Å²) < 4.78 is 1.21. The minimum Gasteiger partial charge on any atom is -0.368 e. The first-order chi connectivity index (χ1) is 12.1. The summed E-state index contributed by atoms with van der Waals surface area (Å²) in [5.74, 6) is 6.78. The molecule has 3 rings (SSSR count). The van der Waals surface area contributed by atoms with Gasteiger partial charge in [-0.05, 0) is 31.6 Å². The summed E-state index contributed by atoms with van der Waals surface area (Å²) in [5.41, 5.74) is 4.39. The van der Waals surface area contributed by atoms with Crippen molar-refractivity contribution in [3.8, 4) is 0 Å². The Bertz CT molecular complexity index is 929. The number of nitrogens with one attached hydrogen (secondary N) is 2. The fraction of sp³-hybridized carbons (Fsp3) is 0.235. The molecule has 3 aromatic rings. The Labute approximate surface area is 150 Å². The second-order valence-corrected chi connectivity index (χ2v) is 6.75. The van der Waals surface area contributed by atoms with Crippen LogP contribution in [-0.4, -0.2) is 49.6 Å². The van der Waals surface area contributed by atoms with Gasteiger partial charge in [0.05, 0.1) is 5.52 Å². The molecule has 25 heavy (non-hydrogen) atoms. The predicted molar refractivity (Wildman–Crippen MR) is 108 cm³/mol. The number of aromatic nitrogens is 1. The predicted octanol–water partition coefficient (Wildman–Crippen LogP) is 2.25. The van der Waals surface area contributed by atoms with Crippen LogP contribution in [0.1, 0.15) is 5.56 Å². The van der Waals surface area contributed by atoms with Gasteiger partial charge in [-0.15, -0.1) is 11.3 Å². The molecule has 2 aromatic heterocycles. The molecule has 0 radical (unpaired) electrons. The summed E-state index contributed by atoms with van der Waals surface area (Å²) in [7, 11) is 4.10. The van der Waals surface area contributed by atoms with Gasteiger partial charge in [0.15, 0.2) is 5.84 Å². The van der Waals surface area contributed by atoms with Gasteiger partial charge in [0, 0.05) is 40.8 Å². The Morgan fingerprint density at radius 3 is 2.88 bits per heavy atom. The summed E-state index contributed by atoms with van der Waals surface area (Å²) in [6.07, 6.45) is 0. The molecule has 7 nitrogen and oxygen atoms in total. The van der Waals surface area contributed by atoms with Crippen LogP contribution in [-0.2, 0) is 0 Å². The minimum atomic E-state index is 0.451. The van der Waals surface area contributed by atoms with Crippen molar-refractivity contribution >= 4 is 50.7 Å². The number of rotatable bonds is 6. The van der Waals surface area contributed by atoms with Crippen molar-refractivity contribution in [3.63, 3.8) is 0 Å². The van der Waals surface area contributed by atoms with Gasteiger partial charge in [0.1, 0.15) is 5.82 Å². The maximum atomic E-state index is 5.44. The Morgan fingerprint density at radius 2 is 2.16 bits per heavy atom. The topological polar surface area (TPSA) is 90.9 Å². The molecule has 8 heteroatoms. The number of fused-ring (bicyclic) bond motifs is 3. The maximum absolute atomic E-state index is 5.44. The molecule has 0 aliphatic rings. The van der Waals surface area contributed by atoms with Gasteiger partial charge in [-0.2, -0.15) is 10.2 Å². The number of amidine groups is 1. The first kappa shape index (κ1) is 17.1. The summed E-state index contributed by atoms with van der Waals surface area (Å²) in [4.78, 5) is 6.95. The number of hydrogen-bond acceptors (Lipinski definition) is 7. The quantitative estimate of drug-likeness (QED) is 0.273. The lowest BCUT2D eigenvalue weighted by molar-refractivity contribution is 0.425. The molecule has 0 aliphatic carbocycles. The van der Waals surface area contributed by atoms with Gasteiger partial charge in [0.2, 0.25) is 0 Å². The van der Waals surface area contributed by atoms with Gasteiger partial charge < -0.3 is 16.1 Å². The molecule has 0 spiro atoms. The fourth-order valence-electron chi connectivity index (χ4n) is 2.62. The molecule has 0 amide bonds. The maximum Gasteiger partial charge on any atom is 0.173 e. The third-order valence-electron chi connectivity index (χ3n) is 3.83. The van der Waals surface area contributed by atoms with Crippen molar-refractivity contribution in [3.05, 3.63) is 35.2 Å². The summed E-state index contributed by atoms with van der Waals surface area (Å²) in [5, 5.41) is 15.1. The molecule has 1 aromatic carbocycles. The summed E-state index contributed by atoms with van der Waals surface area (Å²) >= 11 is 1.71. The molecule has 0 saturated heterocycles. The van der Waals surface area contributed by atoms with Gasteiger partial charge in [0.25, 0.3) is 0 Å². The van der Waals surface area contributed by atoms with Crippen molar-refractivity contribution in [1.29, 1.82) is 0 Å². The van der Waals surface area contributed by atoms with E-state index in [1.807, 2.05) is 18.2 Å². The Kier molecular flexibility index (Phi) is 5.11. The highest BCUT2D eigenvalue weighted by atomic mass is 32.1. The second-order valence-electron chi connectivity index (χ2n) is 5.83. The lowest BCUT2D eigenvalue weighted by Gasteiger charge is -2.13. The van der Waals surface area contributed by atoms with Gasteiger partial charge in [-0.3, -0.25) is 5.43 Å². The van der Waals surface area contributed by atoms with Crippen molar-refractivity contribution in [2.45, 2.75) is 0 Å². The van der Waals surface area contributed by atoms with Gasteiger partial charge in [-0.1, -0.05) is 12.1 Å². The van der Waals surface area contributed by atoms with Crippen LogP contribution in [0.5, 0.6) is 0 Å². The van der Waals surface area contributed by atoms with E-state index in [9.17, 15) is 0 Å². The van der Waals surface area contributed by atoms with Crippen LogP contribution in [0.25, 0.3) is 21.0 Å². The normalized spacial score (nSPS) is 12.0. The number of hydrazone groups is 2. The van der Waals surface area contributed by atoms with Crippen molar-refractivity contribution < 1.29 is 0 Å². The summed E-state index contributed by atoms with van der Waals surface area (Å²) in [6.45, 7) is 5.17. The third kappa shape index (κ3) is 3.54. The molecule has 0 bridgehead atoms. The van der Waals surface area contributed by atoms with Gasteiger partial charge in [-0.25, -0.2) is 4.98 Å². The number of pyridine rings is 1. The number of hydrogen-bond donors (Lipinski definition) is 3. The van der Waals surface area contributed by atoms with Crippen molar-refractivity contribution in [2.24, 2.45) is 16.0 Å². The number of nitrogens with two attached hydrogens (primary N) is 1. The van der Waals surface area contributed by atoms with E-state index < -0.39 is 0 Å². The molecular formula is C17H21N7S. The lowest BCUT2D eigenvalue weighted by Crippen LogP contribution is -2.21. The van der Waals surface area contributed by atoms with E-state index >= 15 is 0 Å². The number of thiophene rings is 1. The van der Waals surface area contributed by atoms with Crippen LogP contribution in [0, 0.1) is 0 Å². The van der Waals surface area contributed by atoms with E-state index in [0.29, 0.717) is 5.84 Å². The number of likely N-dealkylation sites (N-methyl/N-ethyl adjacent to an activating group) is 1. The molecule has 0 unspecified atom stereocenters. The van der Waals surface area contributed by atoms with E-state index in [2.05, 4.69) is 58.1 Å². The molecule has 130 valence electrons. The average Bonchev–Trinajstić information content (AvgIpc) is 3.09. The van der Waals surface area contributed by atoms with E-state index in [-0.39, 0.29) is 0 Å². The highest BCUT2D eigenvalue weighted by Gasteiger charge is 2.12. The zero-order valence-electron chi connectivity index (χ0n) is 14.3. The minimum absolute atomic E-state index is 0.451. The standard InChI is InChI=1S/C17H21N7S/c1-19-23-16(22-18)11-4-5-12-14(10-11)21-17(20-7-8-24(2)3)13-6-9-25-15(12)13/h4-6,9-10H,1,7-8,18H2,2-3H3,(H,20,21)(H,22,23). The van der Waals surface area contributed by atoms with E-state index in [1.54, 1.807) is 11.3 Å². The molecule has 4 N–H and O–H groups in total. The average molecular weight is 355 g/mol. The second kappa shape index (κ2) is 7.45. The molecule has 0 atom stereocenters. The third-order valence-corrected chi connectivity index (χ3v) is 4.78. The Hall–Kier alpha value is -2.71. The van der Waals surface area contributed by atoms with Crippen LogP contribution in [0.2, 0.25) is 0 Å². The molecule has 0 saturated carbocycles. The van der Waals surface area contributed by atoms with Crippen LogP contribution in [0.3, 0.4) is 0 Å². The zero-order chi connectivity index (χ0) is 17.8. The zero-order valence-corrected chi connectivity index (χ0v) is 15.1. The molecule has 0 aliphatic heterocycles. The van der Waals surface area contributed by atoms with Crippen LogP contribution >= 0.6 is 11.3 Å². The highest BCUT2D eigenvalue weighted by molar-refractivity contribution is 7.18. The van der Waals surface area contributed by atoms with Crippen LogP contribution in [0.15, 0.2) is 39.8 Å². The van der Waals surface area contributed by atoms with E-state index in [4.69, 9.17) is 10.8 Å².